The number of aromatic nitrogens is 1. The minimum atomic E-state index is -0.840. The summed E-state index contributed by atoms with van der Waals surface area (Å²) in [5, 5.41) is 11.6. The third-order valence-electron chi connectivity index (χ3n) is 3.59. The highest BCUT2D eigenvalue weighted by Gasteiger charge is 2.12. The van der Waals surface area contributed by atoms with Crippen LogP contribution in [0, 0.1) is 5.92 Å². The van der Waals surface area contributed by atoms with Gasteiger partial charge in [-0.1, -0.05) is 25.1 Å². The molecule has 1 aromatic carbocycles. The highest BCUT2D eigenvalue weighted by molar-refractivity contribution is 6.03. The van der Waals surface area contributed by atoms with E-state index in [1.807, 2.05) is 0 Å². The van der Waals surface area contributed by atoms with Crippen molar-refractivity contribution in [2.75, 3.05) is 5.32 Å². The first-order chi connectivity index (χ1) is 10.9. The molecule has 0 fully saturated rings. The predicted octanol–water partition coefficient (Wildman–Crippen LogP) is 1.90. The number of pyridine rings is 1. The Kier molecular flexibility index (Phi) is 4.95. The zero-order valence-corrected chi connectivity index (χ0v) is 12.9. The van der Waals surface area contributed by atoms with Crippen molar-refractivity contribution in [3.63, 3.8) is 0 Å². The van der Waals surface area contributed by atoms with Gasteiger partial charge in [0.15, 0.2) is 0 Å². The third-order valence-corrected chi connectivity index (χ3v) is 3.59. The molecule has 0 spiro atoms. The van der Waals surface area contributed by atoms with E-state index < -0.39 is 11.9 Å². The van der Waals surface area contributed by atoms with Crippen LogP contribution in [0.15, 0.2) is 47.3 Å². The quantitative estimate of drug-likeness (QED) is 0.882. The SMILES string of the molecule is CC(Cc1ccc(NC(=O)c2cccc(=O)n2C)cc1)C(=O)O. The zero-order valence-electron chi connectivity index (χ0n) is 12.9. The van der Waals surface area contributed by atoms with E-state index in [4.69, 9.17) is 5.11 Å². The molecule has 0 radical (unpaired) electrons. The van der Waals surface area contributed by atoms with Crippen LogP contribution in [0.5, 0.6) is 0 Å². The molecule has 23 heavy (non-hydrogen) atoms. The lowest BCUT2D eigenvalue weighted by Gasteiger charge is -2.10. The molecule has 2 aromatic rings. The van der Waals surface area contributed by atoms with Crippen molar-refractivity contribution in [1.82, 2.24) is 4.57 Å². The summed E-state index contributed by atoms with van der Waals surface area (Å²) in [6.07, 6.45) is 0.427. The standard InChI is InChI=1S/C17H18N2O4/c1-11(17(22)23)10-12-6-8-13(9-7-12)18-16(21)14-4-3-5-15(20)19(14)2/h3-9,11H,10H2,1-2H3,(H,18,21)(H,22,23). The van der Waals surface area contributed by atoms with Crippen LogP contribution in [0.2, 0.25) is 0 Å². The maximum Gasteiger partial charge on any atom is 0.306 e. The van der Waals surface area contributed by atoms with Crippen LogP contribution in [0.25, 0.3) is 0 Å². The molecule has 1 heterocycles. The number of aliphatic carboxylic acids is 1. The average molecular weight is 314 g/mol. The fourth-order valence-electron chi connectivity index (χ4n) is 2.15. The van der Waals surface area contributed by atoms with E-state index in [-0.39, 0.29) is 17.2 Å². The summed E-state index contributed by atoms with van der Waals surface area (Å²) in [6.45, 7) is 1.65. The molecule has 0 aliphatic carbocycles. The van der Waals surface area contributed by atoms with Crippen LogP contribution in [0.1, 0.15) is 23.0 Å². The van der Waals surface area contributed by atoms with Gasteiger partial charge in [0, 0.05) is 18.8 Å². The second kappa shape index (κ2) is 6.91. The minimum Gasteiger partial charge on any atom is -0.481 e. The summed E-state index contributed by atoms with van der Waals surface area (Å²) < 4.78 is 1.28. The molecule has 120 valence electrons. The van der Waals surface area contributed by atoms with E-state index in [0.717, 1.165) is 5.56 Å². The average Bonchev–Trinajstić information content (AvgIpc) is 2.51. The number of hydrogen-bond donors (Lipinski definition) is 2. The summed E-state index contributed by atoms with van der Waals surface area (Å²) in [5.74, 6) is -1.68. The van der Waals surface area contributed by atoms with Gasteiger partial charge in [-0.25, -0.2) is 0 Å². The lowest BCUT2D eigenvalue weighted by atomic mass is 10.0. The van der Waals surface area contributed by atoms with Crippen molar-refractivity contribution in [3.8, 4) is 0 Å². The molecule has 0 aliphatic rings. The number of carbonyl (C=O) groups is 2. The number of carboxylic acid groups (broad SMARTS) is 1. The highest BCUT2D eigenvalue weighted by Crippen LogP contribution is 2.14. The van der Waals surface area contributed by atoms with Gasteiger partial charge in [0.2, 0.25) is 0 Å². The van der Waals surface area contributed by atoms with Gasteiger partial charge in [0.25, 0.3) is 11.5 Å². The normalized spacial score (nSPS) is 11.7. The number of carboxylic acids is 1. The molecular weight excluding hydrogens is 296 g/mol. The van der Waals surface area contributed by atoms with Gasteiger partial charge in [-0.05, 0) is 30.2 Å². The Morgan fingerprint density at radius 2 is 1.83 bits per heavy atom. The Morgan fingerprint density at radius 3 is 2.43 bits per heavy atom. The van der Waals surface area contributed by atoms with Crippen molar-refractivity contribution in [3.05, 3.63) is 64.1 Å². The smallest absolute Gasteiger partial charge is 0.306 e. The van der Waals surface area contributed by atoms with Crippen LogP contribution in [-0.4, -0.2) is 21.6 Å². The van der Waals surface area contributed by atoms with Gasteiger partial charge < -0.3 is 15.0 Å². The summed E-state index contributed by atoms with van der Waals surface area (Å²) in [6, 6.07) is 11.5. The molecule has 1 atom stereocenters. The van der Waals surface area contributed by atoms with Crippen molar-refractivity contribution >= 4 is 17.6 Å². The number of benzene rings is 1. The molecule has 0 bridgehead atoms. The fraction of sp³-hybridized carbons (Fsp3) is 0.235. The van der Waals surface area contributed by atoms with Crippen LogP contribution < -0.4 is 10.9 Å². The van der Waals surface area contributed by atoms with E-state index in [0.29, 0.717) is 12.1 Å². The number of nitrogens with one attached hydrogen (secondary N) is 1. The molecule has 2 N–H and O–H groups in total. The first-order valence-electron chi connectivity index (χ1n) is 7.17. The molecule has 6 heteroatoms. The van der Waals surface area contributed by atoms with E-state index in [1.54, 1.807) is 37.3 Å². The van der Waals surface area contributed by atoms with Crippen molar-refractivity contribution in [2.45, 2.75) is 13.3 Å². The lowest BCUT2D eigenvalue weighted by molar-refractivity contribution is -0.141. The predicted molar refractivity (Wildman–Crippen MR) is 86.6 cm³/mol. The largest absolute Gasteiger partial charge is 0.481 e. The number of hydrogen-bond acceptors (Lipinski definition) is 3. The Hall–Kier alpha value is -2.89. The van der Waals surface area contributed by atoms with Crippen molar-refractivity contribution in [2.24, 2.45) is 13.0 Å². The molecule has 2 rings (SSSR count). The van der Waals surface area contributed by atoms with Crippen LogP contribution in [0.3, 0.4) is 0 Å². The molecule has 1 aromatic heterocycles. The summed E-state index contributed by atoms with van der Waals surface area (Å²) in [5.41, 5.74) is 1.47. The monoisotopic (exact) mass is 314 g/mol. The van der Waals surface area contributed by atoms with Gasteiger partial charge in [-0.3, -0.25) is 14.4 Å². The van der Waals surface area contributed by atoms with E-state index in [9.17, 15) is 14.4 Å². The molecule has 1 unspecified atom stereocenters. The van der Waals surface area contributed by atoms with Gasteiger partial charge in [0.1, 0.15) is 5.69 Å². The Bertz CT molecular complexity index is 778. The minimum absolute atomic E-state index is 0.254. The van der Waals surface area contributed by atoms with Gasteiger partial charge in [0.05, 0.1) is 5.92 Å². The summed E-state index contributed by atoms with van der Waals surface area (Å²) >= 11 is 0. The van der Waals surface area contributed by atoms with Gasteiger partial charge >= 0.3 is 5.97 Å². The number of amides is 1. The molecule has 6 nitrogen and oxygen atoms in total. The van der Waals surface area contributed by atoms with Gasteiger partial charge in [-0.2, -0.15) is 0 Å². The number of carbonyl (C=O) groups excluding carboxylic acids is 1. The molecule has 1 amide bonds. The number of rotatable bonds is 5. The zero-order chi connectivity index (χ0) is 17.0. The summed E-state index contributed by atoms with van der Waals surface area (Å²) in [4.78, 5) is 34.6. The van der Waals surface area contributed by atoms with Crippen molar-refractivity contribution in [1.29, 1.82) is 0 Å². The molecule has 0 saturated heterocycles. The van der Waals surface area contributed by atoms with E-state index in [1.165, 1.54) is 23.7 Å². The van der Waals surface area contributed by atoms with E-state index in [2.05, 4.69) is 5.32 Å². The van der Waals surface area contributed by atoms with Gasteiger partial charge in [-0.15, -0.1) is 0 Å². The second-order valence-corrected chi connectivity index (χ2v) is 5.40. The Morgan fingerprint density at radius 1 is 1.17 bits per heavy atom. The number of anilines is 1. The highest BCUT2D eigenvalue weighted by atomic mass is 16.4. The third kappa shape index (κ3) is 4.06. The topological polar surface area (TPSA) is 88.4 Å². The maximum atomic E-state index is 12.2. The van der Waals surface area contributed by atoms with Crippen LogP contribution >= 0.6 is 0 Å². The first kappa shape index (κ1) is 16.5. The molecule has 0 aliphatic heterocycles. The van der Waals surface area contributed by atoms with Crippen LogP contribution in [-0.2, 0) is 18.3 Å². The van der Waals surface area contributed by atoms with Crippen LogP contribution in [0.4, 0.5) is 5.69 Å². The first-order valence-corrected chi connectivity index (χ1v) is 7.17. The molecule has 0 saturated carbocycles. The lowest BCUT2D eigenvalue weighted by Crippen LogP contribution is -2.25. The second-order valence-electron chi connectivity index (χ2n) is 5.40. The van der Waals surface area contributed by atoms with E-state index >= 15 is 0 Å². The summed E-state index contributed by atoms with van der Waals surface area (Å²) in [7, 11) is 1.54. The molecular formula is C17H18N2O4. The maximum absolute atomic E-state index is 12.2. The van der Waals surface area contributed by atoms with Crippen molar-refractivity contribution < 1.29 is 14.7 Å². The number of nitrogens with zero attached hydrogens (tertiary/aromatic N) is 1. The Labute approximate surface area is 133 Å². The Balaban J connectivity index is 2.09. The fourth-order valence-corrected chi connectivity index (χ4v) is 2.15.